The van der Waals surface area contributed by atoms with Crippen LogP contribution in [0.3, 0.4) is 0 Å². The van der Waals surface area contributed by atoms with Crippen LogP contribution >= 0.6 is 0 Å². The number of aromatic nitrogens is 2. The molecule has 0 spiro atoms. The highest BCUT2D eigenvalue weighted by molar-refractivity contribution is 5.90. The van der Waals surface area contributed by atoms with Crippen molar-refractivity contribution in [2.24, 2.45) is 5.92 Å². The van der Waals surface area contributed by atoms with E-state index in [1.165, 1.54) is 11.8 Å². The predicted molar refractivity (Wildman–Crippen MR) is 142 cm³/mol. The van der Waals surface area contributed by atoms with E-state index in [0.717, 1.165) is 55.3 Å². The summed E-state index contributed by atoms with van der Waals surface area (Å²) in [5.74, 6) is 0.134. The standard InChI is InChI=1S/C29H37N5O2/c1-20(30-2)28(35)32-27(22-10-4-3-5-11-22)29(36)34-15-8-13-26(34)23-17-24(19-31-18-23)33-16-14-21-9-6-7-12-25(21)33/h6-7,9,12,14,16-20,22,26-27,30H,3-5,8,10-11,13,15H2,1-2H3,(H,32,35)/t20?,26?,27-/m0/s1. The number of carbonyl (C=O) groups excluding carboxylic acids is 2. The number of nitrogens with one attached hydrogen (secondary N) is 2. The Labute approximate surface area is 213 Å². The van der Waals surface area contributed by atoms with Gasteiger partial charge in [0.2, 0.25) is 11.8 Å². The average Bonchev–Trinajstić information content (AvgIpc) is 3.59. The van der Waals surface area contributed by atoms with E-state index in [1.54, 1.807) is 7.05 Å². The Morgan fingerprint density at radius 1 is 1.03 bits per heavy atom. The SMILES string of the molecule is CNC(C)C(=O)N[C@H](C(=O)N1CCCC1c1cncc(-n2ccc3ccccc32)c1)C1CCCCC1. The van der Waals surface area contributed by atoms with Gasteiger partial charge in [-0.2, -0.15) is 0 Å². The summed E-state index contributed by atoms with van der Waals surface area (Å²) in [6, 6.07) is 11.7. The average molecular weight is 488 g/mol. The van der Waals surface area contributed by atoms with E-state index >= 15 is 0 Å². The molecule has 2 amide bonds. The van der Waals surface area contributed by atoms with Crippen molar-refractivity contribution in [3.63, 3.8) is 0 Å². The molecule has 2 N–H and O–H groups in total. The fourth-order valence-electron chi connectivity index (χ4n) is 5.88. The number of rotatable bonds is 7. The minimum Gasteiger partial charge on any atom is -0.343 e. The van der Waals surface area contributed by atoms with Crippen LogP contribution in [-0.2, 0) is 9.59 Å². The van der Waals surface area contributed by atoms with Crippen LogP contribution in [0.1, 0.15) is 63.5 Å². The normalized spacial score (nSPS) is 20.4. The maximum Gasteiger partial charge on any atom is 0.245 e. The maximum atomic E-state index is 14.0. The monoisotopic (exact) mass is 487 g/mol. The number of likely N-dealkylation sites (tertiary alicyclic amines) is 1. The van der Waals surface area contributed by atoms with Gasteiger partial charge >= 0.3 is 0 Å². The molecule has 1 aliphatic carbocycles. The van der Waals surface area contributed by atoms with E-state index in [1.807, 2.05) is 36.4 Å². The van der Waals surface area contributed by atoms with Crippen LogP contribution < -0.4 is 10.6 Å². The molecule has 1 saturated carbocycles. The number of pyridine rings is 1. The second-order valence-corrected chi connectivity index (χ2v) is 10.3. The van der Waals surface area contributed by atoms with Crippen LogP contribution in [0.25, 0.3) is 16.6 Å². The minimum atomic E-state index is -0.473. The lowest BCUT2D eigenvalue weighted by Crippen LogP contribution is -2.55. The third-order valence-corrected chi connectivity index (χ3v) is 8.05. The Morgan fingerprint density at radius 2 is 1.83 bits per heavy atom. The Bertz CT molecular complexity index is 1220. The number of nitrogens with zero attached hydrogens (tertiary/aromatic N) is 3. The van der Waals surface area contributed by atoms with Gasteiger partial charge in [-0.05, 0) is 74.7 Å². The van der Waals surface area contributed by atoms with Crippen LogP contribution in [0, 0.1) is 5.92 Å². The third kappa shape index (κ3) is 4.89. The highest BCUT2D eigenvalue weighted by atomic mass is 16.2. The van der Waals surface area contributed by atoms with Crippen molar-refractivity contribution in [3.05, 3.63) is 60.6 Å². The number of amides is 2. The summed E-state index contributed by atoms with van der Waals surface area (Å²) >= 11 is 0. The third-order valence-electron chi connectivity index (χ3n) is 8.05. The Morgan fingerprint density at radius 3 is 2.64 bits per heavy atom. The number of fused-ring (bicyclic) bond motifs is 1. The summed E-state index contributed by atoms with van der Waals surface area (Å²) < 4.78 is 2.15. The zero-order valence-corrected chi connectivity index (χ0v) is 21.3. The molecule has 3 heterocycles. The van der Waals surface area contributed by atoms with Gasteiger partial charge in [0.25, 0.3) is 0 Å². The second kappa shape index (κ2) is 10.8. The molecule has 1 aromatic carbocycles. The van der Waals surface area contributed by atoms with Gasteiger partial charge in [-0.15, -0.1) is 0 Å². The molecule has 2 unspecified atom stereocenters. The van der Waals surface area contributed by atoms with Crippen molar-refractivity contribution in [1.82, 2.24) is 25.1 Å². The first kappa shape index (κ1) is 24.5. The van der Waals surface area contributed by atoms with E-state index in [9.17, 15) is 9.59 Å². The summed E-state index contributed by atoms with van der Waals surface area (Å²) in [4.78, 5) is 33.4. The van der Waals surface area contributed by atoms with Gasteiger partial charge < -0.3 is 20.1 Å². The molecule has 36 heavy (non-hydrogen) atoms. The molecule has 2 fully saturated rings. The number of carbonyl (C=O) groups is 2. The maximum absolute atomic E-state index is 14.0. The number of hydrogen-bond donors (Lipinski definition) is 2. The molecule has 3 atom stereocenters. The Kier molecular flexibility index (Phi) is 7.37. The molecule has 5 rings (SSSR count). The van der Waals surface area contributed by atoms with Crippen molar-refractivity contribution >= 4 is 22.7 Å². The highest BCUT2D eigenvalue weighted by Crippen LogP contribution is 2.35. The first-order valence-corrected chi connectivity index (χ1v) is 13.4. The first-order chi connectivity index (χ1) is 17.6. The largest absolute Gasteiger partial charge is 0.343 e. The van der Waals surface area contributed by atoms with E-state index < -0.39 is 6.04 Å². The molecule has 2 aliphatic rings. The topological polar surface area (TPSA) is 79.3 Å². The molecule has 7 heteroatoms. The van der Waals surface area contributed by atoms with Crippen molar-refractivity contribution in [2.45, 2.75) is 70.0 Å². The molecule has 190 valence electrons. The Hall–Kier alpha value is -3.19. The number of likely N-dealkylation sites (N-methyl/N-ethyl adjacent to an activating group) is 1. The fraction of sp³-hybridized carbons (Fsp3) is 0.483. The van der Waals surface area contributed by atoms with Gasteiger partial charge in [-0.25, -0.2) is 0 Å². The van der Waals surface area contributed by atoms with Crippen LogP contribution in [0.5, 0.6) is 0 Å². The van der Waals surface area contributed by atoms with Crippen LogP contribution in [0.15, 0.2) is 55.0 Å². The quantitative estimate of drug-likeness (QED) is 0.519. The van der Waals surface area contributed by atoms with Gasteiger partial charge in [0.15, 0.2) is 0 Å². The minimum absolute atomic E-state index is 0.0310. The van der Waals surface area contributed by atoms with Gasteiger partial charge in [0.1, 0.15) is 6.04 Å². The van der Waals surface area contributed by atoms with Gasteiger partial charge in [-0.1, -0.05) is 37.5 Å². The van der Waals surface area contributed by atoms with Gasteiger partial charge in [-0.3, -0.25) is 14.6 Å². The second-order valence-electron chi connectivity index (χ2n) is 10.3. The lowest BCUT2D eigenvalue weighted by Gasteiger charge is -2.35. The number of benzene rings is 1. The molecular formula is C29H37N5O2. The summed E-state index contributed by atoms with van der Waals surface area (Å²) in [6.07, 6.45) is 13.1. The van der Waals surface area contributed by atoms with Crippen LogP contribution in [0.4, 0.5) is 0 Å². The van der Waals surface area contributed by atoms with Crippen molar-refractivity contribution in [3.8, 4) is 5.69 Å². The molecule has 2 aromatic heterocycles. The van der Waals surface area contributed by atoms with Crippen LogP contribution in [0.2, 0.25) is 0 Å². The highest BCUT2D eigenvalue weighted by Gasteiger charge is 2.39. The van der Waals surface area contributed by atoms with Crippen molar-refractivity contribution < 1.29 is 9.59 Å². The summed E-state index contributed by atoms with van der Waals surface area (Å²) in [5.41, 5.74) is 3.18. The molecule has 1 aliphatic heterocycles. The molecule has 3 aromatic rings. The van der Waals surface area contributed by atoms with E-state index in [-0.39, 0.29) is 29.8 Å². The summed E-state index contributed by atoms with van der Waals surface area (Å²) in [5, 5.41) is 7.31. The van der Waals surface area contributed by atoms with E-state index in [0.29, 0.717) is 6.54 Å². The molecule has 1 saturated heterocycles. The predicted octanol–water partition coefficient (Wildman–Crippen LogP) is 4.36. The van der Waals surface area contributed by atoms with Gasteiger partial charge in [0.05, 0.1) is 29.5 Å². The summed E-state index contributed by atoms with van der Waals surface area (Å²) in [7, 11) is 1.77. The fourth-order valence-corrected chi connectivity index (χ4v) is 5.88. The lowest BCUT2D eigenvalue weighted by molar-refractivity contribution is -0.139. The van der Waals surface area contributed by atoms with E-state index in [2.05, 4.69) is 50.6 Å². The zero-order valence-electron chi connectivity index (χ0n) is 21.3. The number of hydrogen-bond acceptors (Lipinski definition) is 4. The van der Waals surface area contributed by atoms with Crippen molar-refractivity contribution in [1.29, 1.82) is 0 Å². The summed E-state index contributed by atoms with van der Waals surface area (Å²) in [6.45, 7) is 2.54. The van der Waals surface area contributed by atoms with E-state index in [4.69, 9.17) is 0 Å². The lowest BCUT2D eigenvalue weighted by atomic mass is 9.83. The van der Waals surface area contributed by atoms with Crippen LogP contribution in [-0.4, -0.2) is 51.9 Å². The number of para-hydroxylation sites is 1. The van der Waals surface area contributed by atoms with Gasteiger partial charge in [0, 0.05) is 18.9 Å². The molecular weight excluding hydrogens is 450 g/mol. The first-order valence-electron chi connectivity index (χ1n) is 13.4. The molecule has 0 bridgehead atoms. The molecule has 0 radical (unpaired) electrons. The van der Waals surface area contributed by atoms with Crippen molar-refractivity contribution in [2.75, 3.05) is 13.6 Å². The molecule has 7 nitrogen and oxygen atoms in total. The Balaban J connectivity index is 1.41. The smallest absolute Gasteiger partial charge is 0.245 e. The zero-order chi connectivity index (χ0) is 25.1.